The van der Waals surface area contributed by atoms with Crippen LogP contribution >= 0.6 is 0 Å². The highest BCUT2D eigenvalue weighted by Gasteiger charge is 2.40. The first-order valence-corrected chi connectivity index (χ1v) is 9.40. The van der Waals surface area contributed by atoms with Crippen molar-refractivity contribution in [2.24, 2.45) is 0 Å². The van der Waals surface area contributed by atoms with Gasteiger partial charge in [-0.2, -0.15) is 5.26 Å². The van der Waals surface area contributed by atoms with E-state index in [9.17, 15) is 14.0 Å². The molecule has 1 aliphatic heterocycles. The maximum absolute atomic E-state index is 13.8. The molecule has 4 rings (SSSR count). The van der Waals surface area contributed by atoms with Crippen molar-refractivity contribution in [1.82, 2.24) is 25.0 Å². The lowest BCUT2D eigenvalue weighted by molar-refractivity contribution is 0.0257. The van der Waals surface area contributed by atoms with Crippen LogP contribution in [0, 0.1) is 11.3 Å². The van der Waals surface area contributed by atoms with Crippen molar-refractivity contribution in [2.45, 2.75) is 45.1 Å². The van der Waals surface area contributed by atoms with Crippen LogP contribution in [0.15, 0.2) is 24.3 Å². The minimum atomic E-state index is -2.75. The molecule has 2 aromatic heterocycles. The zero-order valence-corrected chi connectivity index (χ0v) is 16.5. The van der Waals surface area contributed by atoms with Gasteiger partial charge in [0.15, 0.2) is 17.0 Å². The maximum Gasteiger partial charge on any atom is 0.266 e. The fourth-order valence-corrected chi connectivity index (χ4v) is 3.35. The van der Waals surface area contributed by atoms with Crippen LogP contribution in [0.25, 0.3) is 11.2 Å². The fraction of sp³-hybridized carbons (Fsp3) is 0.450. The first-order chi connectivity index (χ1) is 13.7. The van der Waals surface area contributed by atoms with E-state index in [4.69, 9.17) is 0 Å². The summed E-state index contributed by atoms with van der Waals surface area (Å²) in [5.74, 6) is -1.83. The van der Waals surface area contributed by atoms with Crippen LogP contribution in [0.2, 0.25) is 0 Å². The van der Waals surface area contributed by atoms with Crippen LogP contribution in [0.4, 0.5) is 14.6 Å². The van der Waals surface area contributed by atoms with Gasteiger partial charge in [-0.15, -0.1) is 5.10 Å². The molecule has 0 unspecified atom stereocenters. The van der Waals surface area contributed by atoms with Crippen LogP contribution in [0.3, 0.4) is 0 Å². The molecule has 0 saturated carbocycles. The smallest absolute Gasteiger partial charge is 0.266 e. The Labute approximate surface area is 167 Å². The highest BCUT2D eigenvalue weighted by Crippen LogP contribution is 2.34. The van der Waals surface area contributed by atoms with Gasteiger partial charge in [0.25, 0.3) is 5.92 Å². The Morgan fingerprint density at radius 1 is 1.21 bits per heavy atom. The normalized spacial score (nSPS) is 16.3. The zero-order valence-electron chi connectivity index (χ0n) is 16.5. The van der Waals surface area contributed by atoms with E-state index >= 15 is 0 Å². The standard InChI is InChI=1S/C20H21F2N7/c1-19(2,3)18-24-16(28-9-8-20(21,22)12-28)15-17(25-18)29(27-26-15)11-14-7-5-4-6-13(14)10-23/h4-7H,8-9,11-12H2,1-3H3. The molecule has 0 aliphatic carbocycles. The van der Waals surface area contributed by atoms with Crippen molar-refractivity contribution < 1.29 is 8.78 Å². The fourth-order valence-electron chi connectivity index (χ4n) is 3.35. The molecule has 0 N–H and O–H groups in total. The minimum absolute atomic E-state index is 0.201. The molecule has 9 heteroatoms. The summed E-state index contributed by atoms with van der Waals surface area (Å²) in [5.41, 5.74) is 1.81. The molecule has 0 spiro atoms. The second kappa shape index (κ2) is 6.72. The Morgan fingerprint density at radius 3 is 2.62 bits per heavy atom. The van der Waals surface area contributed by atoms with E-state index in [1.807, 2.05) is 32.9 Å². The van der Waals surface area contributed by atoms with E-state index < -0.39 is 12.5 Å². The summed E-state index contributed by atoms with van der Waals surface area (Å²) in [6.07, 6.45) is -0.215. The van der Waals surface area contributed by atoms with Gasteiger partial charge in [-0.25, -0.2) is 23.4 Å². The molecule has 3 heterocycles. The first-order valence-electron chi connectivity index (χ1n) is 9.40. The molecule has 7 nitrogen and oxygen atoms in total. The Hall–Kier alpha value is -3.15. The number of benzene rings is 1. The molecule has 0 radical (unpaired) electrons. The summed E-state index contributed by atoms with van der Waals surface area (Å²) in [7, 11) is 0. The van der Waals surface area contributed by atoms with Crippen molar-refractivity contribution in [3.63, 3.8) is 0 Å². The molecule has 1 fully saturated rings. The Balaban J connectivity index is 1.84. The van der Waals surface area contributed by atoms with Gasteiger partial charge in [-0.3, -0.25) is 0 Å². The van der Waals surface area contributed by atoms with E-state index in [0.29, 0.717) is 34.9 Å². The first kappa shape index (κ1) is 19.2. The second-order valence-corrected chi connectivity index (χ2v) is 8.34. The monoisotopic (exact) mass is 397 g/mol. The third-order valence-electron chi connectivity index (χ3n) is 4.94. The number of fused-ring (bicyclic) bond motifs is 1. The molecule has 0 amide bonds. The lowest BCUT2D eigenvalue weighted by atomic mass is 9.96. The van der Waals surface area contributed by atoms with Crippen LogP contribution in [0.1, 0.15) is 44.1 Å². The van der Waals surface area contributed by atoms with E-state index in [2.05, 4.69) is 26.3 Å². The molecule has 1 saturated heterocycles. The minimum Gasteiger partial charge on any atom is -0.348 e. The van der Waals surface area contributed by atoms with Gasteiger partial charge in [0.2, 0.25) is 0 Å². The third-order valence-corrected chi connectivity index (χ3v) is 4.94. The number of alkyl halides is 2. The number of nitriles is 1. The lowest BCUT2D eigenvalue weighted by Crippen LogP contribution is -2.27. The Kier molecular flexibility index (Phi) is 4.45. The lowest BCUT2D eigenvalue weighted by Gasteiger charge is -2.22. The number of halogens is 2. The van der Waals surface area contributed by atoms with E-state index in [1.54, 1.807) is 21.7 Å². The molecule has 0 atom stereocenters. The summed E-state index contributed by atoms with van der Waals surface area (Å²) >= 11 is 0. The predicted octanol–water partition coefficient (Wildman–Crippen LogP) is 3.28. The second-order valence-electron chi connectivity index (χ2n) is 8.34. The molecule has 1 aromatic carbocycles. The van der Waals surface area contributed by atoms with Gasteiger partial charge >= 0.3 is 0 Å². The highest BCUT2D eigenvalue weighted by atomic mass is 19.3. The van der Waals surface area contributed by atoms with Gasteiger partial charge in [0.05, 0.1) is 24.7 Å². The van der Waals surface area contributed by atoms with Crippen molar-refractivity contribution in [3.05, 3.63) is 41.2 Å². The maximum atomic E-state index is 13.8. The SMILES string of the molecule is CC(C)(C)c1nc(N2CCC(F)(F)C2)c2nnn(Cc3ccccc3C#N)c2n1. The number of hydrogen-bond acceptors (Lipinski definition) is 6. The van der Waals surface area contributed by atoms with E-state index in [1.165, 1.54) is 0 Å². The van der Waals surface area contributed by atoms with E-state index in [-0.39, 0.29) is 18.4 Å². The molecule has 1 aliphatic rings. The average Bonchev–Trinajstić information content (AvgIpc) is 3.24. The molecule has 3 aromatic rings. The van der Waals surface area contributed by atoms with Crippen molar-refractivity contribution in [3.8, 4) is 6.07 Å². The predicted molar refractivity (Wildman–Crippen MR) is 104 cm³/mol. The van der Waals surface area contributed by atoms with Gasteiger partial charge in [0, 0.05) is 18.4 Å². The van der Waals surface area contributed by atoms with Crippen LogP contribution in [0.5, 0.6) is 0 Å². The van der Waals surface area contributed by atoms with Gasteiger partial charge in [0.1, 0.15) is 5.82 Å². The molecule has 0 bridgehead atoms. The van der Waals surface area contributed by atoms with Crippen LogP contribution < -0.4 is 4.90 Å². The van der Waals surface area contributed by atoms with Crippen LogP contribution in [-0.2, 0) is 12.0 Å². The van der Waals surface area contributed by atoms with Crippen molar-refractivity contribution >= 4 is 17.0 Å². The molecular weight excluding hydrogens is 376 g/mol. The number of nitrogens with zero attached hydrogens (tertiary/aromatic N) is 7. The molecule has 29 heavy (non-hydrogen) atoms. The summed E-state index contributed by atoms with van der Waals surface area (Å²) in [6, 6.07) is 9.40. The van der Waals surface area contributed by atoms with Gasteiger partial charge < -0.3 is 4.90 Å². The Bertz CT molecular complexity index is 1110. The molecular formula is C20H21F2N7. The van der Waals surface area contributed by atoms with Crippen LogP contribution in [-0.4, -0.2) is 44.0 Å². The summed E-state index contributed by atoms with van der Waals surface area (Å²) in [5, 5.41) is 17.8. The number of aromatic nitrogens is 5. The third kappa shape index (κ3) is 3.62. The highest BCUT2D eigenvalue weighted by molar-refractivity contribution is 5.83. The largest absolute Gasteiger partial charge is 0.348 e. The number of hydrogen-bond donors (Lipinski definition) is 0. The number of anilines is 1. The topological polar surface area (TPSA) is 83.5 Å². The van der Waals surface area contributed by atoms with Gasteiger partial charge in [-0.05, 0) is 11.6 Å². The summed E-state index contributed by atoms with van der Waals surface area (Å²) in [4.78, 5) is 10.8. The van der Waals surface area contributed by atoms with E-state index in [0.717, 1.165) is 5.56 Å². The quantitative estimate of drug-likeness (QED) is 0.674. The van der Waals surface area contributed by atoms with Crippen molar-refractivity contribution in [1.29, 1.82) is 5.26 Å². The van der Waals surface area contributed by atoms with Gasteiger partial charge in [-0.1, -0.05) is 44.2 Å². The average molecular weight is 397 g/mol. The van der Waals surface area contributed by atoms with Crippen molar-refractivity contribution in [2.75, 3.05) is 18.0 Å². The number of rotatable bonds is 3. The summed E-state index contributed by atoms with van der Waals surface area (Å²) in [6.45, 7) is 6.01. The zero-order chi connectivity index (χ0) is 20.8. The molecule has 150 valence electrons. The Morgan fingerprint density at radius 2 is 1.97 bits per heavy atom. The summed E-state index contributed by atoms with van der Waals surface area (Å²) < 4.78 is 29.3.